The lowest BCUT2D eigenvalue weighted by Crippen LogP contribution is -2.49. The largest absolute Gasteiger partial charge is 0.353 e. The van der Waals surface area contributed by atoms with Crippen LogP contribution in [0.4, 0.5) is 5.82 Å². The molecule has 1 saturated heterocycles. The first-order valence-electron chi connectivity index (χ1n) is 9.63. The maximum atomic E-state index is 12.8. The Kier molecular flexibility index (Phi) is 5.06. The van der Waals surface area contributed by atoms with E-state index in [1.165, 1.54) is 5.56 Å². The van der Waals surface area contributed by atoms with Gasteiger partial charge < -0.3 is 9.80 Å². The fourth-order valence-corrected chi connectivity index (χ4v) is 3.42. The quantitative estimate of drug-likeness (QED) is 0.700. The molecule has 1 aromatic carbocycles. The number of piperazine rings is 1. The Hall–Kier alpha value is -3.22. The molecule has 2 aromatic heterocycles. The summed E-state index contributed by atoms with van der Waals surface area (Å²) in [6.07, 6.45) is 4.58. The van der Waals surface area contributed by atoms with Crippen molar-refractivity contribution in [2.24, 2.45) is 0 Å². The molecule has 0 aliphatic carbocycles. The Morgan fingerprint density at radius 2 is 1.75 bits per heavy atom. The van der Waals surface area contributed by atoms with Crippen LogP contribution in [0.2, 0.25) is 0 Å². The molecule has 3 heterocycles. The standard InChI is InChI=1S/C21H24N6O/c1-3-17-5-7-18(8-6-17)21(28)26-13-11-25(12-14-26)19-15-20(24-16(2)23-19)27-10-4-9-22-27/h4-10,15H,3,11-14H2,1-2H3. The molecule has 1 aliphatic heterocycles. The van der Waals surface area contributed by atoms with Gasteiger partial charge in [-0.25, -0.2) is 14.6 Å². The Balaban J connectivity index is 1.44. The fraction of sp³-hybridized carbons (Fsp3) is 0.333. The zero-order valence-corrected chi connectivity index (χ0v) is 16.2. The SMILES string of the molecule is CCc1ccc(C(=O)N2CCN(c3cc(-n4cccn4)nc(C)n3)CC2)cc1. The van der Waals surface area contributed by atoms with Crippen LogP contribution in [0, 0.1) is 6.92 Å². The van der Waals surface area contributed by atoms with Crippen molar-refractivity contribution in [3.05, 3.63) is 65.7 Å². The molecule has 7 heteroatoms. The molecule has 0 spiro atoms. The van der Waals surface area contributed by atoms with E-state index in [0.29, 0.717) is 18.9 Å². The number of amides is 1. The monoisotopic (exact) mass is 376 g/mol. The van der Waals surface area contributed by atoms with Crippen LogP contribution in [0.25, 0.3) is 5.82 Å². The van der Waals surface area contributed by atoms with Gasteiger partial charge in [-0.2, -0.15) is 5.10 Å². The van der Waals surface area contributed by atoms with Crippen molar-refractivity contribution in [2.45, 2.75) is 20.3 Å². The van der Waals surface area contributed by atoms with Crippen molar-refractivity contribution in [3.63, 3.8) is 0 Å². The maximum absolute atomic E-state index is 12.8. The van der Waals surface area contributed by atoms with Crippen molar-refractivity contribution in [3.8, 4) is 5.82 Å². The van der Waals surface area contributed by atoms with E-state index in [9.17, 15) is 4.79 Å². The van der Waals surface area contributed by atoms with Crippen LogP contribution < -0.4 is 4.90 Å². The zero-order valence-electron chi connectivity index (χ0n) is 16.2. The summed E-state index contributed by atoms with van der Waals surface area (Å²) in [7, 11) is 0. The Morgan fingerprint density at radius 3 is 2.39 bits per heavy atom. The number of hydrogen-bond acceptors (Lipinski definition) is 5. The number of carbonyl (C=O) groups excluding carboxylic acids is 1. The molecule has 0 unspecified atom stereocenters. The van der Waals surface area contributed by atoms with Gasteiger partial charge in [0.25, 0.3) is 5.91 Å². The van der Waals surface area contributed by atoms with Gasteiger partial charge in [0.1, 0.15) is 11.6 Å². The van der Waals surface area contributed by atoms with Crippen LogP contribution in [0.5, 0.6) is 0 Å². The van der Waals surface area contributed by atoms with Crippen molar-refractivity contribution >= 4 is 11.7 Å². The van der Waals surface area contributed by atoms with Gasteiger partial charge in [-0.15, -0.1) is 0 Å². The van der Waals surface area contributed by atoms with Crippen LogP contribution in [0.3, 0.4) is 0 Å². The van der Waals surface area contributed by atoms with Crippen LogP contribution in [0.15, 0.2) is 48.8 Å². The molecule has 28 heavy (non-hydrogen) atoms. The third-order valence-electron chi connectivity index (χ3n) is 5.05. The van der Waals surface area contributed by atoms with Gasteiger partial charge in [0.15, 0.2) is 5.82 Å². The molecule has 0 atom stereocenters. The van der Waals surface area contributed by atoms with Gasteiger partial charge in [0.2, 0.25) is 0 Å². The minimum Gasteiger partial charge on any atom is -0.353 e. The lowest BCUT2D eigenvalue weighted by atomic mass is 10.1. The number of rotatable bonds is 4. The molecule has 3 aromatic rings. The Bertz CT molecular complexity index is 944. The van der Waals surface area contributed by atoms with E-state index in [4.69, 9.17) is 0 Å². The maximum Gasteiger partial charge on any atom is 0.253 e. The second-order valence-electron chi connectivity index (χ2n) is 6.91. The van der Waals surface area contributed by atoms with E-state index >= 15 is 0 Å². The summed E-state index contributed by atoms with van der Waals surface area (Å²) < 4.78 is 1.73. The Labute approximate surface area is 164 Å². The van der Waals surface area contributed by atoms with E-state index in [2.05, 4.69) is 26.9 Å². The highest BCUT2D eigenvalue weighted by Crippen LogP contribution is 2.18. The van der Waals surface area contributed by atoms with Crippen LogP contribution in [-0.4, -0.2) is 56.7 Å². The minimum atomic E-state index is 0.0957. The first-order valence-corrected chi connectivity index (χ1v) is 9.63. The van der Waals surface area contributed by atoms with Crippen molar-refractivity contribution in [1.29, 1.82) is 0 Å². The normalized spacial score (nSPS) is 14.4. The number of hydrogen-bond donors (Lipinski definition) is 0. The number of aromatic nitrogens is 4. The highest BCUT2D eigenvalue weighted by atomic mass is 16.2. The first kappa shape index (κ1) is 18.2. The van der Waals surface area contributed by atoms with E-state index in [0.717, 1.165) is 36.7 Å². The highest BCUT2D eigenvalue weighted by molar-refractivity contribution is 5.94. The molecule has 0 radical (unpaired) electrons. The van der Waals surface area contributed by atoms with Crippen LogP contribution in [-0.2, 0) is 6.42 Å². The number of benzene rings is 1. The summed E-state index contributed by atoms with van der Waals surface area (Å²) in [6.45, 7) is 6.84. The van der Waals surface area contributed by atoms with Crippen LogP contribution in [0.1, 0.15) is 28.7 Å². The van der Waals surface area contributed by atoms with E-state index in [1.807, 2.05) is 54.4 Å². The van der Waals surface area contributed by atoms with E-state index in [1.54, 1.807) is 10.9 Å². The predicted molar refractivity (Wildman–Crippen MR) is 108 cm³/mol. The molecule has 144 valence electrons. The van der Waals surface area contributed by atoms with Gasteiger partial charge in [0, 0.05) is 50.2 Å². The van der Waals surface area contributed by atoms with Gasteiger partial charge in [0.05, 0.1) is 0 Å². The third kappa shape index (κ3) is 3.74. The molecule has 4 rings (SSSR count). The molecule has 1 aliphatic rings. The number of carbonyl (C=O) groups is 1. The van der Waals surface area contributed by atoms with Crippen molar-refractivity contribution in [1.82, 2.24) is 24.6 Å². The molecule has 0 saturated carbocycles. The summed E-state index contributed by atoms with van der Waals surface area (Å²) in [5, 5.41) is 4.25. The molecule has 0 N–H and O–H groups in total. The molecule has 1 fully saturated rings. The molecular formula is C21H24N6O. The fourth-order valence-electron chi connectivity index (χ4n) is 3.42. The number of nitrogens with zero attached hydrogens (tertiary/aromatic N) is 6. The second kappa shape index (κ2) is 7.80. The third-order valence-corrected chi connectivity index (χ3v) is 5.05. The Morgan fingerprint density at radius 1 is 1.04 bits per heavy atom. The molecular weight excluding hydrogens is 352 g/mol. The average molecular weight is 376 g/mol. The molecule has 7 nitrogen and oxygen atoms in total. The van der Waals surface area contributed by atoms with E-state index in [-0.39, 0.29) is 5.91 Å². The number of anilines is 1. The predicted octanol–water partition coefficient (Wildman–Crippen LogP) is 2.50. The summed E-state index contributed by atoms with van der Waals surface area (Å²) in [5.41, 5.74) is 2.00. The summed E-state index contributed by atoms with van der Waals surface area (Å²) in [4.78, 5) is 25.9. The zero-order chi connectivity index (χ0) is 19.5. The topological polar surface area (TPSA) is 67.2 Å². The lowest BCUT2D eigenvalue weighted by molar-refractivity contribution is 0.0746. The summed E-state index contributed by atoms with van der Waals surface area (Å²) >= 11 is 0. The lowest BCUT2D eigenvalue weighted by Gasteiger charge is -2.35. The van der Waals surface area contributed by atoms with Gasteiger partial charge in [-0.3, -0.25) is 4.79 Å². The average Bonchev–Trinajstić information content (AvgIpc) is 3.28. The summed E-state index contributed by atoms with van der Waals surface area (Å²) in [5.74, 6) is 2.43. The van der Waals surface area contributed by atoms with Gasteiger partial charge in [-0.05, 0) is 37.1 Å². The number of aryl methyl sites for hydroxylation is 2. The highest BCUT2D eigenvalue weighted by Gasteiger charge is 2.23. The van der Waals surface area contributed by atoms with Crippen molar-refractivity contribution in [2.75, 3.05) is 31.1 Å². The van der Waals surface area contributed by atoms with Gasteiger partial charge in [-0.1, -0.05) is 19.1 Å². The smallest absolute Gasteiger partial charge is 0.253 e. The van der Waals surface area contributed by atoms with Crippen molar-refractivity contribution < 1.29 is 4.79 Å². The van der Waals surface area contributed by atoms with E-state index < -0.39 is 0 Å². The minimum absolute atomic E-state index is 0.0957. The first-order chi connectivity index (χ1) is 13.6. The second-order valence-corrected chi connectivity index (χ2v) is 6.91. The summed E-state index contributed by atoms with van der Waals surface area (Å²) in [6, 6.07) is 11.7. The molecule has 0 bridgehead atoms. The van der Waals surface area contributed by atoms with Crippen LogP contribution >= 0.6 is 0 Å². The molecule has 1 amide bonds. The van der Waals surface area contributed by atoms with Gasteiger partial charge >= 0.3 is 0 Å².